The van der Waals surface area contributed by atoms with Gasteiger partial charge in [0.2, 0.25) is 0 Å². The molecule has 90 valence electrons. The molecule has 0 N–H and O–H groups in total. The summed E-state index contributed by atoms with van der Waals surface area (Å²) in [7, 11) is 0. The van der Waals surface area contributed by atoms with Crippen LogP contribution in [0.15, 0.2) is 0 Å². The zero-order chi connectivity index (χ0) is 10.9. The minimum absolute atomic E-state index is 0.295. The van der Waals surface area contributed by atoms with Crippen LogP contribution in [-0.2, 0) is 9.47 Å². The van der Waals surface area contributed by atoms with Crippen molar-refractivity contribution in [2.45, 2.75) is 71.0 Å². The van der Waals surface area contributed by atoms with Crippen LogP contribution in [-0.4, -0.2) is 25.4 Å². The third-order valence-corrected chi connectivity index (χ3v) is 2.96. The maximum absolute atomic E-state index is 5.79. The van der Waals surface area contributed by atoms with Crippen LogP contribution in [0.4, 0.5) is 0 Å². The summed E-state index contributed by atoms with van der Waals surface area (Å²) in [6.45, 7) is 5.92. The molecule has 0 aromatic carbocycles. The second-order valence-corrected chi connectivity index (χ2v) is 4.66. The maximum atomic E-state index is 5.79. The molecular formula is C13H26O2. The number of rotatable bonds is 7. The number of ether oxygens (including phenoxy) is 2. The Balaban J connectivity index is 1.90. The highest BCUT2D eigenvalue weighted by Crippen LogP contribution is 2.15. The molecule has 0 aromatic heterocycles. The molecule has 1 aliphatic heterocycles. The largest absolute Gasteiger partial charge is 0.376 e. The SMILES string of the molecule is CCCCCCCCC1COCC(C)O1. The van der Waals surface area contributed by atoms with Gasteiger partial charge in [-0.05, 0) is 13.3 Å². The van der Waals surface area contributed by atoms with Gasteiger partial charge in [0.25, 0.3) is 0 Å². The van der Waals surface area contributed by atoms with Gasteiger partial charge in [-0.1, -0.05) is 45.4 Å². The summed E-state index contributed by atoms with van der Waals surface area (Å²) in [5, 5.41) is 0. The van der Waals surface area contributed by atoms with Crippen LogP contribution in [0.3, 0.4) is 0 Å². The fourth-order valence-electron chi connectivity index (χ4n) is 2.08. The maximum Gasteiger partial charge on any atom is 0.0813 e. The summed E-state index contributed by atoms with van der Waals surface area (Å²) < 4.78 is 11.3. The predicted molar refractivity (Wildman–Crippen MR) is 63.1 cm³/mol. The lowest BCUT2D eigenvalue weighted by molar-refractivity contribution is -0.133. The Kier molecular flexibility index (Phi) is 7.03. The summed E-state index contributed by atoms with van der Waals surface area (Å²) in [4.78, 5) is 0. The molecule has 2 atom stereocenters. The summed E-state index contributed by atoms with van der Waals surface area (Å²) in [6, 6.07) is 0. The zero-order valence-corrected chi connectivity index (χ0v) is 10.3. The van der Waals surface area contributed by atoms with E-state index in [0.717, 1.165) is 13.2 Å². The Labute approximate surface area is 94.3 Å². The number of unbranched alkanes of at least 4 members (excludes halogenated alkanes) is 5. The highest BCUT2D eigenvalue weighted by molar-refractivity contribution is 4.65. The Hall–Kier alpha value is -0.0800. The van der Waals surface area contributed by atoms with Crippen LogP contribution in [0.2, 0.25) is 0 Å². The lowest BCUT2D eigenvalue weighted by Crippen LogP contribution is -2.34. The number of hydrogen-bond acceptors (Lipinski definition) is 2. The van der Waals surface area contributed by atoms with Gasteiger partial charge < -0.3 is 9.47 Å². The molecule has 0 bridgehead atoms. The lowest BCUT2D eigenvalue weighted by atomic mass is 10.1. The first-order valence-electron chi connectivity index (χ1n) is 6.56. The van der Waals surface area contributed by atoms with Gasteiger partial charge >= 0.3 is 0 Å². The first-order chi connectivity index (χ1) is 7.33. The molecular weight excluding hydrogens is 188 g/mol. The Bertz CT molecular complexity index is 147. The van der Waals surface area contributed by atoms with E-state index in [1.807, 2.05) is 0 Å². The lowest BCUT2D eigenvalue weighted by Gasteiger charge is -2.27. The minimum Gasteiger partial charge on any atom is -0.376 e. The molecule has 15 heavy (non-hydrogen) atoms. The van der Waals surface area contributed by atoms with E-state index in [4.69, 9.17) is 9.47 Å². The van der Waals surface area contributed by atoms with Crippen LogP contribution < -0.4 is 0 Å². The third-order valence-electron chi connectivity index (χ3n) is 2.96. The zero-order valence-electron chi connectivity index (χ0n) is 10.3. The Morgan fingerprint density at radius 2 is 1.73 bits per heavy atom. The highest BCUT2D eigenvalue weighted by atomic mass is 16.6. The van der Waals surface area contributed by atoms with E-state index in [1.54, 1.807) is 0 Å². The van der Waals surface area contributed by atoms with E-state index in [1.165, 1.54) is 44.9 Å². The van der Waals surface area contributed by atoms with Gasteiger partial charge in [0, 0.05) is 0 Å². The number of hydrogen-bond donors (Lipinski definition) is 0. The van der Waals surface area contributed by atoms with Gasteiger partial charge in [-0.15, -0.1) is 0 Å². The smallest absolute Gasteiger partial charge is 0.0813 e. The van der Waals surface area contributed by atoms with Crippen molar-refractivity contribution in [1.82, 2.24) is 0 Å². The quantitative estimate of drug-likeness (QED) is 0.603. The second kappa shape index (κ2) is 8.12. The van der Waals surface area contributed by atoms with Crippen LogP contribution in [0, 0.1) is 0 Å². The van der Waals surface area contributed by atoms with Crippen LogP contribution in [0.25, 0.3) is 0 Å². The predicted octanol–water partition coefficient (Wildman–Crippen LogP) is 3.54. The monoisotopic (exact) mass is 214 g/mol. The molecule has 1 heterocycles. The minimum atomic E-state index is 0.295. The van der Waals surface area contributed by atoms with Gasteiger partial charge in [0.05, 0.1) is 25.4 Å². The van der Waals surface area contributed by atoms with Crippen molar-refractivity contribution in [2.24, 2.45) is 0 Å². The normalized spacial score (nSPS) is 26.8. The van der Waals surface area contributed by atoms with E-state index >= 15 is 0 Å². The molecule has 0 aliphatic carbocycles. The van der Waals surface area contributed by atoms with E-state index in [0.29, 0.717) is 12.2 Å². The third kappa shape index (κ3) is 6.16. The first-order valence-corrected chi connectivity index (χ1v) is 6.56. The summed E-state index contributed by atoms with van der Waals surface area (Å²) >= 11 is 0. The fourth-order valence-corrected chi connectivity index (χ4v) is 2.08. The molecule has 2 heteroatoms. The fraction of sp³-hybridized carbons (Fsp3) is 1.00. The van der Waals surface area contributed by atoms with Crippen molar-refractivity contribution in [1.29, 1.82) is 0 Å². The molecule has 0 saturated carbocycles. The van der Waals surface area contributed by atoms with Crippen LogP contribution in [0.1, 0.15) is 58.8 Å². The molecule has 0 spiro atoms. The van der Waals surface area contributed by atoms with Crippen molar-refractivity contribution in [2.75, 3.05) is 13.2 Å². The average molecular weight is 214 g/mol. The van der Waals surface area contributed by atoms with Crippen molar-refractivity contribution in [3.63, 3.8) is 0 Å². The molecule has 0 aromatic rings. The molecule has 1 aliphatic rings. The summed E-state index contributed by atoms with van der Waals surface area (Å²) in [6.07, 6.45) is 9.99. The summed E-state index contributed by atoms with van der Waals surface area (Å²) in [5.74, 6) is 0. The molecule has 2 unspecified atom stereocenters. The second-order valence-electron chi connectivity index (χ2n) is 4.66. The van der Waals surface area contributed by atoms with Crippen LogP contribution >= 0.6 is 0 Å². The Morgan fingerprint density at radius 1 is 1.00 bits per heavy atom. The van der Waals surface area contributed by atoms with Crippen molar-refractivity contribution >= 4 is 0 Å². The van der Waals surface area contributed by atoms with Gasteiger partial charge in [-0.2, -0.15) is 0 Å². The molecule has 1 rings (SSSR count). The molecule has 0 radical (unpaired) electrons. The van der Waals surface area contributed by atoms with Crippen molar-refractivity contribution < 1.29 is 9.47 Å². The first kappa shape index (κ1) is 13.0. The van der Waals surface area contributed by atoms with Gasteiger partial charge in [0.15, 0.2) is 0 Å². The van der Waals surface area contributed by atoms with Crippen molar-refractivity contribution in [3.8, 4) is 0 Å². The molecule has 0 amide bonds. The molecule has 1 fully saturated rings. The van der Waals surface area contributed by atoms with E-state index in [9.17, 15) is 0 Å². The van der Waals surface area contributed by atoms with Gasteiger partial charge in [-0.3, -0.25) is 0 Å². The molecule has 1 saturated heterocycles. The van der Waals surface area contributed by atoms with Gasteiger partial charge in [-0.25, -0.2) is 0 Å². The highest BCUT2D eigenvalue weighted by Gasteiger charge is 2.18. The summed E-state index contributed by atoms with van der Waals surface area (Å²) in [5.41, 5.74) is 0. The average Bonchev–Trinajstić information content (AvgIpc) is 2.23. The van der Waals surface area contributed by atoms with Crippen LogP contribution in [0.5, 0.6) is 0 Å². The topological polar surface area (TPSA) is 18.5 Å². The van der Waals surface area contributed by atoms with E-state index < -0.39 is 0 Å². The van der Waals surface area contributed by atoms with E-state index in [2.05, 4.69) is 13.8 Å². The van der Waals surface area contributed by atoms with E-state index in [-0.39, 0.29) is 0 Å². The standard InChI is InChI=1S/C13H26O2/c1-3-4-5-6-7-8-9-13-11-14-10-12(2)15-13/h12-13H,3-11H2,1-2H3. The van der Waals surface area contributed by atoms with Crippen molar-refractivity contribution in [3.05, 3.63) is 0 Å². The van der Waals surface area contributed by atoms with Gasteiger partial charge in [0.1, 0.15) is 0 Å². The Morgan fingerprint density at radius 3 is 2.47 bits per heavy atom. The molecule has 2 nitrogen and oxygen atoms in total.